The first-order valence-electron chi connectivity index (χ1n) is 4.03. The lowest BCUT2D eigenvalue weighted by Gasteiger charge is -2.04. The van der Waals surface area contributed by atoms with E-state index in [1.54, 1.807) is 0 Å². The molecule has 0 unspecified atom stereocenters. The monoisotopic (exact) mass is 273 g/mol. The van der Waals surface area contributed by atoms with Gasteiger partial charge in [0, 0.05) is 10.0 Å². The van der Waals surface area contributed by atoms with Crippen molar-refractivity contribution >= 4 is 21.7 Å². The third-order valence-electron chi connectivity index (χ3n) is 1.95. The van der Waals surface area contributed by atoms with Gasteiger partial charge in [0.2, 0.25) is 0 Å². The first-order valence-corrected chi connectivity index (χ1v) is 4.82. The van der Waals surface area contributed by atoms with Crippen LogP contribution in [-0.2, 0) is 0 Å². The Bertz CT molecular complexity index is 487. The lowest BCUT2D eigenvalue weighted by molar-refractivity contribution is 0.588. The minimum Gasteiger partial charge on any atom is -0.384 e. The van der Waals surface area contributed by atoms with Gasteiger partial charge in [0.15, 0.2) is 0 Å². The number of nitrogen functional groups attached to an aromatic ring is 1. The van der Waals surface area contributed by atoms with Crippen molar-refractivity contribution in [1.82, 2.24) is 10.2 Å². The largest absolute Gasteiger partial charge is 0.384 e. The van der Waals surface area contributed by atoms with Crippen LogP contribution in [-0.4, -0.2) is 10.2 Å². The van der Waals surface area contributed by atoms with Gasteiger partial charge in [-0.2, -0.15) is 5.10 Å². The molecule has 0 aliphatic heterocycles. The van der Waals surface area contributed by atoms with Gasteiger partial charge in [-0.3, -0.25) is 5.10 Å². The summed E-state index contributed by atoms with van der Waals surface area (Å²) in [5.74, 6) is -1.24. The van der Waals surface area contributed by atoms with E-state index in [1.165, 1.54) is 18.3 Å². The fourth-order valence-electron chi connectivity index (χ4n) is 1.29. The topological polar surface area (TPSA) is 54.7 Å². The summed E-state index contributed by atoms with van der Waals surface area (Å²) in [7, 11) is 0. The summed E-state index contributed by atoms with van der Waals surface area (Å²) in [6, 6.07) is 2.34. The van der Waals surface area contributed by atoms with Crippen molar-refractivity contribution in [3.8, 4) is 11.1 Å². The van der Waals surface area contributed by atoms with E-state index in [2.05, 4.69) is 26.1 Å². The van der Waals surface area contributed by atoms with Crippen LogP contribution in [0.15, 0.2) is 22.8 Å². The molecule has 15 heavy (non-hydrogen) atoms. The molecule has 2 aromatic rings. The highest BCUT2D eigenvalue weighted by Crippen LogP contribution is 2.31. The van der Waals surface area contributed by atoms with Gasteiger partial charge in [-0.05, 0) is 12.1 Å². The van der Waals surface area contributed by atoms with E-state index in [-0.39, 0.29) is 16.9 Å². The number of nitrogens with zero attached hydrogens (tertiary/aromatic N) is 1. The van der Waals surface area contributed by atoms with Crippen LogP contribution < -0.4 is 5.73 Å². The van der Waals surface area contributed by atoms with Crippen LogP contribution in [0.2, 0.25) is 0 Å². The van der Waals surface area contributed by atoms with Crippen molar-refractivity contribution in [3.63, 3.8) is 0 Å². The van der Waals surface area contributed by atoms with Crippen LogP contribution in [0.25, 0.3) is 11.1 Å². The van der Waals surface area contributed by atoms with E-state index in [0.717, 1.165) is 0 Å². The molecule has 3 N–H and O–H groups in total. The minimum absolute atomic E-state index is 0.134. The van der Waals surface area contributed by atoms with Crippen molar-refractivity contribution in [2.45, 2.75) is 0 Å². The molecule has 6 heteroatoms. The van der Waals surface area contributed by atoms with E-state index < -0.39 is 11.6 Å². The molecular weight excluding hydrogens is 268 g/mol. The summed E-state index contributed by atoms with van der Waals surface area (Å²) in [4.78, 5) is 0. The predicted molar refractivity (Wildman–Crippen MR) is 56.1 cm³/mol. The minimum atomic E-state index is -0.685. The first-order chi connectivity index (χ1) is 7.09. The number of aromatic amines is 1. The fraction of sp³-hybridized carbons (Fsp3) is 0. The predicted octanol–water partition coefficient (Wildman–Crippen LogP) is 2.70. The van der Waals surface area contributed by atoms with Gasteiger partial charge in [0.25, 0.3) is 0 Å². The lowest BCUT2D eigenvalue weighted by atomic mass is 10.1. The number of nitrogens with two attached hydrogens (primary N) is 1. The number of rotatable bonds is 1. The molecule has 0 spiro atoms. The maximum absolute atomic E-state index is 13.5. The van der Waals surface area contributed by atoms with Crippen molar-refractivity contribution in [2.75, 3.05) is 5.73 Å². The fourth-order valence-corrected chi connectivity index (χ4v) is 1.70. The number of halogens is 3. The number of hydrogen-bond acceptors (Lipinski definition) is 2. The Kier molecular flexibility index (Phi) is 2.44. The van der Waals surface area contributed by atoms with Crippen molar-refractivity contribution < 1.29 is 8.78 Å². The van der Waals surface area contributed by atoms with Gasteiger partial charge in [-0.25, -0.2) is 8.78 Å². The molecular formula is C9H6BrF2N3. The second-order valence-corrected chi connectivity index (χ2v) is 3.86. The Balaban J connectivity index is 2.68. The summed E-state index contributed by atoms with van der Waals surface area (Å²) < 4.78 is 27.3. The SMILES string of the molecule is Nc1[nH]ncc1-c1c(F)cc(Br)cc1F. The van der Waals surface area contributed by atoms with E-state index in [4.69, 9.17) is 5.73 Å². The molecule has 0 saturated heterocycles. The van der Waals surface area contributed by atoms with Crippen molar-refractivity contribution in [3.05, 3.63) is 34.4 Å². The number of nitrogens with one attached hydrogen (secondary N) is 1. The molecule has 0 aliphatic rings. The number of aromatic nitrogens is 2. The maximum Gasteiger partial charge on any atom is 0.135 e. The van der Waals surface area contributed by atoms with Crippen LogP contribution >= 0.6 is 15.9 Å². The number of H-pyrrole nitrogens is 1. The molecule has 78 valence electrons. The normalized spacial score (nSPS) is 10.6. The maximum atomic E-state index is 13.5. The van der Waals surface area contributed by atoms with Gasteiger partial charge < -0.3 is 5.73 Å². The second kappa shape index (κ2) is 3.62. The molecule has 1 heterocycles. The Hall–Kier alpha value is -1.43. The molecule has 0 aliphatic carbocycles. The molecule has 0 radical (unpaired) electrons. The van der Waals surface area contributed by atoms with E-state index in [0.29, 0.717) is 4.47 Å². The number of anilines is 1. The third-order valence-corrected chi connectivity index (χ3v) is 2.40. The smallest absolute Gasteiger partial charge is 0.135 e. The summed E-state index contributed by atoms with van der Waals surface area (Å²) in [5, 5.41) is 6.03. The third kappa shape index (κ3) is 1.72. The highest BCUT2D eigenvalue weighted by Gasteiger charge is 2.16. The quantitative estimate of drug-likeness (QED) is 0.840. The summed E-state index contributed by atoms with van der Waals surface area (Å²) in [6.07, 6.45) is 1.28. The molecule has 0 fully saturated rings. The van der Waals surface area contributed by atoms with Crippen LogP contribution in [0.1, 0.15) is 0 Å². The van der Waals surface area contributed by atoms with Crippen molar-refractivity contribution in [2.24, 2.45) is 0 Å². The lowest BCUT2D eigenvalue weighted by Crippen LogP contribution is -1.93. The van der Waals surface area contributed by atoms with Crippen LogP contribution in [0, 0.1) is 11.6 Å². The Morgan fingerprint density at radius 2 is 1.87 bits per heavy atom. The van der Waals surface area contributed by atoms with E-state index in [9.17, 15) is 8.78 Å². The molecule has 0 saturated carbocycles. The summed E-state index contributed by atoms with van der Waals surface area (Å²) >= 11 is 2.99. The van der Waals surface area contributed by atoms with Crippen LogP contribution in [0.4, 0.5) is 14.6 Å². The molecule has 0 atom stereocenters. The molecule has 3 nitrogen and oxygen atoms in total. The van der Waals surface area contributed by atoms with Gasteiger partial charge in [-0.15, -0.1) is 0 Å². The second-order valence-electron chi connectivity index (χ2n) is 2.94. The van der Waals surface area contributed by atoms with E-state index in [1.807, 2.05) is 0 Å². The van der Waals surface area contributed by atoms with Gasteiger partial charge in [-0.1, -0.05) is 15.9 Å². The average molecular weight is 274 g/mol. The summed E-state index contributed by atoms with van der Waals surface area (Å²) in [5.41, 5.74) is 5.53. The molecule has 1 aromatic carbocycles. The Morgan fingerprint density at radius 3 is 2.33 bits per heavy atom. The first kappa shape index (κ1) is 10.1. The van der Waals surface area contributed by atoms with Gasteiger partial charge >= 0.3 is 0 Å². The highest BCUT2D eigenvalue weighted by molar-refractivity contribution is 9.10. The number of hydrogen-bond donors (Lipinski definition) is 2. The number of benzene rings is 1. The molecule has 0 amide bonds. The highest BCUT2D eigenvalue weighted by atomic mass is 79.9. The summed E-state index contributed by atoms with van der Waals surface area (Å²) in [6.45, 7) is 0. The Morgan fingerprint density at radius 1 is 1.27 bits per heavy atom. The van der Waals surface area contributed by atoms with Gasteiger partial charge in [0.1, 0.15) is 17.5 Å². The van der Waals surface area contributed by atoms with Crippen LogP contribution in [0.5, 0.6) is 0 Å². The van der Waals surface area contributed by atoms with Crippen LogP contribution in [0.3, 0.4) is 0 Å². The van der Waals surface area contributed by atoms with Gasteiger partial charge in [0.05, 0.1) is 11.8 Å². The Labute approximate surface area is 92.4 Å². The zero-order valence-electron chi connectivity index (χ0n) is 7.39. The van der Waals surface area contributed by atoms with E-state index >= 15 is 0 Å². The van der Waals surface area contributed by atoms with Crippen molar-refractivity contribution in [1.29, 1.82) is 0 Å². The zero-order chi connectivity index (χ0) is 11.0. The molecule has 0 bridgehead atoms. The standard InChI is InChI=1S/C9H6BrF2N3/c10-4-1-6(11)8(7(12)2-4)5-3-14-15-9(5)13/h1-3H,(H3,13,14,15). The molecule has 2 rings (SSSR count). The zero-order valence-corrected chi connectivity index (χ0v) is 8.98. The average Bonchev–Trinajstić information content (AvgIpc) is 2.50. The molecule has 1 aromatic heterocycles.